The van der Waals surface area contributed by atoms with Crippen LogP contribution in [0.1, 0.15) is 29.3 Å². The van der Waals surface area contributed by atoms with Crippen molar-refractivity contribution in [2.24, 2.45) is 5.92 Å². The Morgan fingerprint density at radius 3 is 2.78 bits per heavy atom. The SMILES string of the molecule is Cc1cccnc1CNC(=O)[C@@H]1C[C@H](C(=O)O)N(C)[C@@H]1c1cccc(Cl)c1. The summed E-state index contributed by atoms with van der Waals surface area (Å²) in [6, 6.07) is 9.94. The Morgan fingerprint density at radius 1 is 1.33 bits per heavy atom. The van der Waals surface area contributed by atoms with Crippen LogP contribution in [0.3, 0.4) is 0 Å². The number of likely N-dealkylation sites (tertiary alicyclic amines) is 1. The van der Waals surface area contributed by atoms with Gasteiger partial charge in [0.05, 0.1) is 18.2 Å². The van der Waals surface area contributed by atoms with Crippen molar-refractivity contribution in [3.8, 4) is 0 Å². The number of carbonyl (C=O) groups excluding carboxylic acids is 1. The highest BCUT2D eigenvalue weighted by atomic mass is 35.5. The quantitative estimate of drug-likeness (QED) is 0.824. The van der Waals surface area contributed by atoms with Crippen LogP contribution in [-0.2, 0) is 16.1 Å². The zero-order valence-corrected chi connectivity index (χ0v) is 16.0. The van der Waals surface area contributed by atoms with Crippen LogP contribution < -0.4 is 5.32 Å². The molecule has 0 radical (unpaired) electrons. The van der Waals surface area contributed by atoms with Gasteiger partial charge in [-0.25, -0.2) is 0 Å². The van der Waals surface area contributed by atoms with Crippen molar-refractivity contribution in [3.05, 3.63) is 64.4 Å². The van der Waals surface area contributed by atoms with Gasteiger partial charge in [-0.1, -0.05) is 29.8 Å². The monoisotopic (exact) mass is 387 g/mol. The van der Waals surface area contributed by atoms with E-state index in [0.29, 0.717) is 11.6 Å². The van der Waals surface area contributed by atoms with Gasteiger partial charge in [-0.3, -0.25) is 19.5 Å². The number of carbonyl (C=O) groups is 2. The maximum atomic E-state index is 12.9. The van der Waals surface area contributed by atoms with Gasteiger partial charge >= 0.3 is 5.97 Å². The predicted octanol–water partition coefficient (Wildman–Crippen LogP) is 2.81. The number of benzene rings is 1. The van der Waals surface area contributed by atoms with E-state index in [0.717, 1.165) is 16.8 Å². The number of hydrogen-bond acceptors (Lipinski definition) is 4. The molecule has 6 nitrogen and oxygen atoms in total. The molecule has 3 atom stereocenters. The molecule has 1 aromatic heterocycles. The van der Waals surface area contributed by atoms with Crippen molar-refractivity contribution < 1.29 is 14.7 Å². The van der Waals surface area contributed by atoms with E-state index < -0.39 is 17.9 Å². The molecule has 1 aliphatic rings. The molecular formula is C20H22ClN3O3. The van der Waals surface area contributed by atoms with Crippen molar-refractivity contribution in [2.75, 3.05) is 7.05 Å². The van der Waals surface area contributed by atoms with Gasteiger partial charge in [0, 0.05) is 17.3 Å². The highest BCUT2D eigenvalue weighted by molar-refractivity contribution is 6.30. The molecule has 3 rings (SSSR count). The third kappa shape index (κ3) is 4.12. The van der Waals surface area contributed by atoms with Gasteiger partial charge in [0.25, 0.3) is 0 Å². The van der Waals surface area contributed by atoms with E-state index in [-0.39, 0.29) is 18.4 Å². The summed E-state index contributed by atoms with van der Waals surface area (Å²) in [5.41, 5.74) is 2.63. The molecule has 1 amide bonds. The van der Waals surface area contributed by atoms with Crippen LogP contribution in [0.25, 0.3) is 0 Å². The van der Waals surface area contributed by atoms with Crippen molar-refractivity contribution in [3.63, 3.8) is 0 Å². The van der Waals surface area contributed by atoms with E-state index in [1.807, 2.05) is 31.2 Å². The van der Waals surface area contributed by atoms with Gasteiger partial charge in [0.15, 0.2) is 0 Å². The molecule has 0 bridgehead atoms. The number of rotatable bonds is 5. The first-order valence-corrected chi connectivity index (χ1v) is 9.14. The number of amides is 1. The van der Waals surface area contributed by atoms with Crippen LogP contribution in [0.4, 0.5) is 0 Å². The Kier molecular flexibility index (Phi) is 5.77. The number of aliphatic carboxylic acids is 1. The Bertz CT molecular complexity index is 858. The molecule has 0 saturated carbocycles. The Balaban J connectivity index is 1.83. The van der Waals surface area contributed by atoms with Crippen molar-refractivity contribution in [1.82, 2.24) is 15.2 Å². The predicted molar refractivity (Wildman–Crippen MR) is 102 cm³/mol. The van der Waals surface area contributed by atoms with E-state index in [4.69, 9.17) is 11.6 Å². The van der Waals surface area contributed by atoms with E-state index in [1.54, 1.807) is 30.3 Å². The van der Waals surface area contributed by atoms with Crippen molar-refractivity contribution in [2.45, 2.75) is 32.0 Å². The standard InChI is InChI=1S/C20H22ClN3O3/c1-12-5-4-8-22-16(12)11-23-19(25)15-10-17(20(26)27)24(2)18(15)13-6-3-7-14(21)9-13/h3-9,15,17-18H,10-11H2,1-2H3,(H,23,25)(H,26,27)/t15-,17-,18-/m1/s1. The lowest BCUT2D eigenvalue weighted by molar-refractivity contribution is -0.142. The summed E-state index contributed by atoms with van der Waals surface area (Å²) in [4.78, 5) is 30.6. The van der Waals surface area contributed by atoms with Crippen LogP contribution >= 0.6 is 11.6 Å². The fraction of sp³-hybridized carbons (Fsp3) is 0.350. The maximum Gasteiger partial charge on any atom is 0.320 e. The number of likely N-dealkylation sites (N-methyl/N-ethyl adjacent to an activating group) is 1. The zero-order chi connectivity index (χ0) is 19.6. The Hall–Kier alpha value is -2.44. The van der Waals surface area contributed by atoms with Crippen LogP contribution in [0, 0.1) is 12.8 Å². The third-order valence-electron chi connectivity index (χ3n) is 5.15. The highest BCUT2D eigenvalue weighted by Gasteiger charge is 2.46. The minimum Gasteiger partial charge on any atom is -0.480 e. The van der Waals surface area contributed by atoms with Gasteiger partial charge < -0.3 is 10.4 Å². The molecule has 1 aromatic carbocycles. The largest absolute Gasteiger partial charge is 0.480 e. The molecule has 0 spiro atoms. The molecule has 1 saturated heterocycles. The molecule has 27 heavy (non-hydrogen) atoms. The van der Waals surface area contributed by atoms with Crippen LogP contribution in [0.2, 0.25) is 5.02 Å². The van der Waals surface area contributed by atoms with Crippen LogP contribution in [0.15, 0.2) is 42.6 Å². The fourth-order valence-electron chi connectivity index (χ4n) is 3.70. The van der Waals surface area contributed by atoms with E-state index in [2.05, 4.69) is 10.3 Å². The van der Waals surface area contributed by atoms with Gasteiger partial charge in [-0.15, -0.1) is 0 Å². The second-order valence-corrected chi connectivity index (χ2v) is 7.28. The zero-order valence-electron chi connectivity index (χ0n) is 15.2. The summed E-state index contributed by atoms with van der Waals surface area (Å²) < 4.78 is 0. The smallest absolute Gasteiger partial charge is 0.320 e. The summed E-state index contributed by atoms with van der Waals surface area (Å²) in [7, 11) is 1.74. The first kappa shape index (κ1) is 19.3. The summed E-state index contributed by atoms with van der Waals surface area (Å²) >= 11 is 6.11. The summed E-state index contributed by atoms with van der Waals surface area (Å²) in [6.07, 6.45) is 1.93. The summed E-state index contributed by atoms with van der Waals surface area (Å²) in [5.74, 6) is -1.60. The molecule has 0 aliphatic carbocycles. The summed E-state index contributed by atoms with van der Waals surface area (Å²) in [6.45, 7) is 2.25. The van der Waals surface area contributed by atoms with Crippen LogP contribution in [-0.4, -0.2) is 40.0 Å². The topological polar surface area (TPSA) is 82.5 Å². The molecule has 0 unspecified atom stereocenters. The van der Waals surface area contributed by atoms with E-state index in [9.17, 15) is 14.7 Å². The minimum atomic E-state index is -0.930. The minimum absolute atomic E-state index is 0.180. The van der Waals surface area contributed by atoms with Gasteiger partial charge in [0.2, 0.25) is 5.91 Å². The van der Waals surface area contributed by atoms with Gasteiger partial charge in [-0.05, 0) is 49.7 Å². The second kappa shape index (κ2) is 8.06. The normalized spacial score (nSPS) is 22.6. The Labute approximate surface area is 163 Å². The number of aryl methyl sites for hydroxylation is 1. The number of nitrogens with zero attached hydrogens (tertiary/aromatic N) is 2. The lowest BCUT2D eigenvalue weighted by Gasteiger charge is -2.26. The lowest BCUT2D eigenvalue weighted by Crippen LogP contribution is -2.36. The van der Waals surface area contributed by atoms with Gasteiger partial charge in [-0.2, -0.15) is 0 Å². The molecule has 2 aromatic rings. The number of pyridine rings is 1. The highest BCUT2D eigenvalue weighted by Crippen LogP contribution is 2.40. The van der Waals surface area contributed by atoms with E-state index >= 15 is 0 Å². The first-order valence-electron chi connectivity index (χ1n) is 8.77. The average Bonchev–Trinajstić information content (AvgIpc) is 2.98. The van der Waals surface area contributed by atoms with Gasteiger partial charge in [0.1, 0.15) is 6.04 Å². The molecule has 2 heterocycles. The fourth-order valence-corrected chi connectivity index (χ4v) is 3.90. The molecular weight excluding hydrogens is 366 g/mol. The van der Waals surface area contributed by atoms with E-state index in [1.165, 1.54) is 0 Å². The molecule has 7 heteroatoms. The second-order valence-electron chi connectivity index (χ2n) is 6.85. The van der Waals surface area contributed by atoms with Crippen molar-refractivity contribution >= 4 is 23.5 Å². The number of carboxylic acid groups (broad SMARTS) is 1. The number of carboxylic acids is 1. The Morgan fingerprint density at radius 2 is 2.11 bits per heavy atom. The molecule has 2 N–H and O–H groups in total. The molecule has 1 fully saturated rings. The maximum absolute atomic E-state index is 12.9. The number of hydrogen-bond donors (Lipinski definition) is 2. The molecule has 142 valence electrons. The average molecular weight is 388 g/mol. The summed E-state index contributed by atoms with van der Waals surface area (Å²) in [5, 5.41) is 13.0. The number of halogens is 1. The lowest BCUT2D eigenvalue weighted by atomic mass is 9.92. The van der Waals surface area contributed by atoms with Crippen LogP contribution in [0.5, 0.6) is 0 Å². The third-order valence-corrected chi connectivity index (χ3v) is 5.38. The number of nitrogens with one attached hydrogen (secondary N) is 1. The van der Waals surface area contributed by atoms with Crippen molar-refractivity contribution in [1.29, 1.82) is 0 Å². The number of aromatic nitrogens is 1. The first-order chi connectivity index (χ1) is 12.9. The molecule has 1 aliphatic heterocycles.